The molecule has 0 aliphatic carbocycles. The number of likely N-dealkylation sites (N-methyl/N-ethyl adjacent to an activating group) is 1. The van der Waals surface area contributed by atoms with E-state index in [9.17, 15) is 14.4 Å². The van der Waals surface area contributed by atoms with Crippen molar-refractivity contribution in [3.05, 3.63) is 12.4 Å². The van der Waals surface area contributed by atoms with E-state index in [4.69, 9.17) is 4.74 Å². The lowest BCUT2D eigenvalue weighted by molar-refractivity contribution is -0.145. The number of nitrogens with one attached hydrogen (secondary N) is 1. The second kappa shape index (κ2) is 6.14. The zero-order chi connectivity index (χ0) is 17.3. The fraction of sp³-hybridized carbons (Fsp3) is 0.600. The second-order valence-electron chi connectivity index (χ2n) is 6.24. The maximum absolute atomic E-state index is 12.3. The van der Waals surface area contributed by atoms with Gasteiger partial charge in [0.25, 0.3) is 0 Å². The van der Waals surface area contributed by atoms with E-state index in [0.717, 1.165) is 0 Å². The monoisotopic (exact) mass is 335 g/mol. The number of aromatic nitrogens is 2. The van der Waals surface area contributed by atoms with Crippen LogP contribution in [0.15, 0.2) is 12.4 Å². The Morgan fingerprint density at radius 3 is 2.62 bits per heavy atom. The first-order chi connectivity index (χ1) is 11.4. The normalized spacial score (nSPS) is 19.5. The summed E-state index contributed by atoms with van der Waals surface area (Å²) >= 11 is 0. The second-order valence-corrected chi connectivity index (χ2v) is 6.24. The predicted molar refractivity (Wildman–Crippen MR) is 84.2 cm³/mol. The van der Waals surface area contributed by atoms with Crippen LogP contribution in [0.2, 0.25) is 0 Å². The number of nitrogens with zero attached hydrogens (tertiary/aromatic N) is 4. The third kappa shape index (κ3) is 3.06. The topological polar surface area (TPSA) is 96.8 Å². The highest BCUT2D eigenvalue weighted by molar-refractivity contribution is 6.39. The first-order valence-corrected chi connectivity index (χ1v) is 7.99. The molecule has 0 aromatic carbocycles. The standard InChI is InChI=1S/C15H21N5O4/c1-3-20-9-11(8-16-20)17-12(21)13(22)19-6-4-15(5-7-19)10-18(2)14(23)24-15/h8-9H,3-7,10H2,1-2H3,(H,17,21). The molecule has 1 spiro atoms. The summed E-state index contributed by atoms with van der Waals surface area (Å²) in [5, 5.41) is 6.61. The molecule has 9 nitrogen and oxygen atoms in total. The van der Waals surface area contributed by atoms with Gasteiger partial charge in [-0.2, -0.15) is 5.10 Å². The van der Waals surface area contributed by atoms with Crippen LogP contribution in [0.1, 0.15) is 19.8 Å². The minimum absolute atomic E-state index is 0.333. The molecule has 1 aromatic rings. The number of likely N-dealkylation sites (tertiary alicyclic amines) is 1. The number of anilines is 1. The van der Waals surface area contributed by atoms with Crippen molar-refractivity contribution in [1.82, 2.24) is 19.6 Å². The molecule has 0 radical (unpaired) electrons. The molecule has 2 aliphatic rings. The molecule has 0 saturated carbocycles. The highest BCUT2D eigenvalue weighted by Crippen LogP contribution is 2.32. The molecule has 24 heavy (non-hydrogen) atoms. The van der Waals surface area contributed by atoms with Gasteiger partial charge in [-0.05, 0) is 6.92 Å². The fourth-order valence-electron chi connectivity index (χ4n) is 3.10. The lowest BCUT2D eigenvalue weighted by atomic mass is 9.91. The van der Waals surface area contributed by atoms with E-state index in [1.54, 1.807) is 17.9 Å². The smallest absolute Gasteiger partial charge is 0.410 e. The van der Waals surface area contributed by atoms with Gasteiger partial charge in [0.05, 0.1) is 18.4 Å². The van der Waals surface area contributed by atoms with Gasteiger partial charge in [0.15, 0.2) is 0 Å². The molecule has 130 valence electrons. The first-order valence-electron chi connectivity index (χ1n) is 7.99. The molecule has 0 bridgehead atoms. The summed E-state index contributed by atoms with van der Waals surface area (Å²) in [5.41, 5.74) is -0.0310. The van der Waals surface area contributed by atoms with Gasteiger partial charge in [-0.1, -0.05) is 0 Å². The minimum atomic E-state index is -0.679. The van der Waals surface area contributed by atoms with Crippen LogP contribution in [0.25, 0.3) is 0 Å². The fourth-order valence-corrected chi connectivity index (χ4v) is 3.10. The van der Waals surface area contributed by atoms with Gasteiger partial charge in [0.1, 0.15) is 5.60 Å². The average molecular weight is 335 g/mol. The van der Waals surface area contributed by atoms with E-state index in [1.807, 2.05) is 6.92 Å². The van der Waals surface area contributed by atoms with Crippen molar-refractivity contribution in [2.45, 2.75) is 31.9 Å². The summed E-state index contributed by atoms with van der Waals surface area (Å²) < 4.78 is 7.10. The third-order valence-electron chi connectivity index (χ3n) is 4.51. The largest absolute Gasteiger partial charge is 0.441 e. The quantitative estimate of drug-likeness (QED) is 0.783. The summed E-state index contributed by atoms with van der Waals surface area (Å²) in [6, 6.07) is 0. The number of carbonyl (C=O) groups excluding carboxylic acids is 3. The Hall–Kier alpha value is -2.58. The third-order valence-corrected chi connectivity index (χ3v) is 4.51. The number of aryl methyl sites for hydroxylation is 1. The number of piperidine rings is 1. The summed E-state index contributed by atoms with van der Waals surface area (Å²) in [6.07, 6.45) is 3.92. The Bertz CT molecular complexity index is 663. The van der Waals surface area contributed by atoms with Crippen LogP contribution in [-0.2, 0) is 20.9 Å². The number of carbonyl (C=O) groups is 3. The lowest BCUT2D eigenvalue weighted by Crippen LogP contribution is -2.51. The lowest BCUT2D eigenvalue weighted by Gasteiger charge is -2.36. The Kier molecular flexibility index (Phi) is 4.16. The molecule has 1 N–H and O–H groups in total. The highest BCUT2D eigenvalue weighted by atomic mass is 16.6. The van der Waals surface area contributed by atoms with Crippen LogP contribution in [0.4, 0.5) is 10.5 Å². The number of hydrogen-bond donors (Lipinski definition) is 1. The van der Waals surface area contributed by atoms with Crippen molar-refractivity contribution in [1.29, 1.82) is 0 Å². The molecule has 3 amide bonds. The van der Waals surface area contributed by atoms with Gasteiger partial charge >= 0.3 is 17.9 Å². The molecule has 9 heteroatoms. The number of hydrogen-bond acceptors (Lipinski definition) is 5. The molecule has 2 fully saturated rings. The van der Waals surface area contributed by atoms with E-state index in [2.05, 4.69) is 10.4 Å². The van der Waals surface area contributed by atoms with Crippen molar-refractivity contribution in [3.63, 3.8) is 0 Å². The van der Waals surface area contributed by atoms with E-state index < -0.39 is 17.4 Å². The number of amides is 3. The van der Waals surface area contributed by atoms with Crippen molar-refractivity contribution in [2.75, 3.05) is 32.0 Å². The molecule has 2 saturated heterocycles. The van der Waals surface area contributed by atoms with Gasteiger partial charge in [-0.3, -0.25) is 14.3 Å². The van der Waals surface area contributed by atoms with Crippen molar-refractivity contribution < 1.29 is 19.1 Å². The van der Waals surface area contributed by atoms with E-state index in [1.165, 1.54) is 16.0 Å². The first kappa shape index (κ1) is 16.3. The van der Waals surface area contributed by atoms with Crippen LogP contribution < -0.4 is 5.32 Å². The zero-order valence-corrected chi connectivity index (χ0v) is 13.8. The van der Waals surface area contributed by atoms with Crippen molar-refractivity contribution in [2.24, 2.45) is 0 Å². The van der Waals surface area contributed by atoms with Crippen LogP contribution >= 0.6 is 0 Å². The van der Waals surface area contributed by atoms with Crippen molar-refractivity contribution >= 4 is 23.6 Å². The summed E-state index contributed by atoms with van der Waals surface area (Å²) in [5.74, 6) is -1.26. The molecule has 3 rings (SSSR count). The number of ether oxygens (including phenoxy) is 1. The Balaban J connectivity index is 1.55. The molecule has 0 atom stereocenters. The maximum Gasteiger partial charge on any atom is 0.410 e. The SMILES string of the molecule is CCn1cc(NC(=O)C(=O)N2CCC3(CC2)CN(C)C(=O)O3)cn1. The van der Waals surface area contributed by atoms with Gasteiger partial charge < -0.3 is 19.9 Å². The van der Waals surface area contributed by atoms with Crippen molar-refractivity contribution in [3.8, 4) is 0 Å². The van der Waals surface area contributed by atoms with E-state index >= 15 is 0 Å². The van der Waals surface area contributed by atoms with Crippen LogP contribution in [-0.4, -0.2) is 69.8 Å². The van der Waals surface area contributed by atoms with Gasteiger partial charge in [0.2, 0.25) is 0 Å². The highest BCUT2D eigenvalue weighted by Gasteiger charge is 2.46. The molecule has 0 unspecified atom stereocenters. The Labute approximate surface area is 139 Å². The van der Waals surface area contributed by atoms with Crippen LogP contribution in [0.3, 0.4) is 0 Å². The van der Waals surface area contributed by atoms with E-state index in [0.29, 0.717) is 44.7 Å². The van der Waals surface area contributed by atoms with E-state index in [-0.39, 0.29) is 6.09 Å². The van der Waals surface area contributed by atoms with Crippen LogP contribution in [0.5, 0.6) is 0 Å². The Morgan fingerprint density at radius 1 is 1.38 bits per heavy atom. The summed E-state index contributed by atoms with van der Waals surface area (Å²) in [7, 11) is 1.69. The predicted octanol–water partition coefficient (Wildman–Crippen LogP) is 0.285. The molecule has 3 heterocycles. The molecular formula is C15H21N5O4. The summed E-state index contributed by atoms with van der Waals surface area (Å²) in [4.78, 5) is 39.0. The van der Waals surface area contributed by atoms with Gasteiger partial charge in [0, 0.05) is 45.7 Å². The summed E-state index contributed by atoms with van der Waals surface area (Å²) in [6.45, 7) is 3.92. The van der Waals surface area contributed by atoms with Gasteiger partial charge in [-0.15, -0.1) is 0 Å². The van der Waals surface area contributed by atoms with Gasteiger partial charge in [-0.25, -0.2) is 4.79 Å². The minimum Gasteiger partial charge on any atom is -0.441 e. The average Bonchev–Trinajstić information content (AvgIpc) is 3.12. The molecule has 1 aromatic heterocycles. The zero-order valence-electron chi connectivity index (χ0n) is 13.8. The Morgan fingerprint density at radius 2 is 2.08 bits per heavy atom. The number of rotatable bonds is 2. The molecule has 2 aliphatic heterocycles. The molecular weight excluding hydrogens is 314 g/mol. The van der Waals surface area contributed by atoms with Crippen LogP contribution in [0, 0.1) is 0 Å². The maximum atomic E-state index is 12.3.